The largest absolute Gasteiger partial charge is 0.506 e. The second-order valence-corrected chi connectivity index (χ2v) is 6.60. The molecule has 0 bridgehead atoms. The summed E-state index contributed by atoms with van der Waals surface area (Å²) in [6, 6.07) is 8.63. The Morgan fingerprint density at radius 1 is 1.21 bits per heavy atom. The first-order valence-electron chi connectivity index (χ1n) is 6.78. The molecule has 1 aliphatic heterocycles. The summed E-state index contributed by atoms with van der Waals surface area (Å²) in [5.41, 5.74) is 2.24. The van der Waals surface area contributed by atoms with Gasteiger partial charge in [0.2, 0.25) is 0 Å². The van der Waals surface area contributed by atoms with E-state index >= 15 is 0 Å². The molecule has 2 aromatic rings. The van der Waals surface area contributed by atoms with E-state index in [0.717, 1.165) is 0 Å². The molecule has 0 saturated heterocycles. The molecule has 1 amide bonds. The van der Waals surface area contributed by atoms with Gasteiger partial charge in [0, 0.05) is 5.56 Å². The van der Waals surface area contributed by atoms with E-state index in [0.29, 0.717) is 31.5 Å². The number of anilines is 1. The van der Waals surface area contributed by atoms with E-state index in [9.17, 15) is 9.90 Å². The number of rotatable bonds is 3. The van der Waals surface area contributed by atoms with Gasteiger partial charge >= 0.3 is 0 Å². The molecule has 1 heterocycles. The third-order valence-electron chi connectivity index (χ3n) is 3.35. The zero-order valence-electron chi connectivity index (χ0n) is 12.4. The van der Waals surface area contributed by atoms with E-state index in [1.807, 2.05) is 0 Å². The highest BCUT2D eigenvalue weighted by atomic mass is 79.9. The number of fused-ring (bicyclic) bond motifs is 1. The molecule has 0 saturated carbocycles. The van der Waals surface area contributed by atoms with E-state index in [1.165, 1.54) is 6.21 Å². The summed E-state index contributed by atoms with van der Waals surface area (Å²) in [7, 11) is 1.56. The zero-order chi connectivity index (χ0) is 17.3. The molecule has 2 aromatic carbocycles. The van der Waals surface area contributed by atoms with Crippen LogP contribution < -0.4 is 10.1 Å². The lowest BCUT2D eigenvalue weighted by Crippen LogP contribution is -2.13. The lowest BCUT2D eigenvalue weighted by Gasteiger charge is -2.02. The van der Waals surface area contributed by atoms with Gasteiger partial charge < -0.3 is 15.2 Å². The molecule has 0 aliphatic carbocycles. The molecule has 24 heavy (non-hydrogen) atoms. The van der Waals surface area contributed by atoms with Crippen LogP contribution in [0, 0.1) is 0 Å². The molecule has 1 aliphatic rings. The molecular formula is C16H11Br2N3O3. The fourth-order valence-corrected chi connectivity index (χ4v) is 3.39. The highest BCUT2D eigenvalue weighted by Crippen LogP contribution is 2.33. The van der Waals surface area contributed by atoms with E-state index in [4.69, 9.17) is 4.74 Å². The molecule has 122 valence electrons. The van der Waals surface area contributed by atoms with Gasteiger partial charge in [0.05, 0.1) is 28.0 Å². The topological polar surface area (TPSA) is 83.3 Å². The van der Waals surface area contributed by atoms with Crippen LogP contribution >= 0.6 is 31.9 Å². The summed E-state index contributed by atoms with van der Waals surface area (Å²) in [4.78, 5) is 12.0. The summed E-state index contributed by atoms with van der Waals surface area (Å²) in [6.45, 7) is 0. The third kappa shape index (κ3) is 3.20. The SMILES string of the molecule is COc1ccc2c(c1)/C(=N/N=C/c1cc(Br)c(O)c(Br)c1)C(=O)N2. The molecule has 6 nitrogen and oxygen atoms in total. The van der Waals surface area contributed by atoms with Gasteiger partial charge in [-0.05, 0) is 67.8 Å². The van der Waals surface area contributed by atoms with Gasteiger partial charge in [-0.2, -0.15) is 5.10 Å². The van der Waals surface area contributed by atoms with Crippen LogP contribution in [0.5, 0.6) is 11.5 Å². The smallest absolute Gasteiger partial charge is 0.276 e. The Balaban J connectivity index is 1.92. The van der Waals surface area contributed by atoms with Crippen molar-refractivity contribution in [3.8, 4) is 11.5 Å². The van der Waals surface area contributed by atoms with Crippen LogP contribution in [0.25, 0.3) is 0 Å². The van der Waals surface area contributed by atoms with Crippen LogP contribution in [0.3, 0.4) is 0 Å². The minimum atomic E-state index is -0.316. The predicted octanol–water partition coefficient (Wildman–Crippen LogP) is 3.70. The molecule has 3 rings (SSSR count). The second-order valence-electron chi connectivity index (χ2n) is 4.89. The number of hydrogen-bond donors (Lipinski definition) is 2. The number of benzene rings is 2. The Bertz CT molecular complexity index is 871. The lowest BCUT2D eigenvalue weighted by molar-refractivity contribution is -0.110. The predicted molar refractivity (Wildman–Crippen MR) is 99.3 cm³/mol. The van der Waals surface area contributed by atoms with Gasteiger partial charge in [-0.1, -0.05) is 0 Å². The monoisotopic (exact) mass is 451 g/mol. The van der Waals surface area contributed by atoms with Crippen LogP contribution in [0.1, 0.15) is 11.1 Å². The number of carbonyl (C=O) groups is 1. The molecule has 0 aromatic heterocycles. The first-order valence-corrected chi connectivity index (χ1v) is 8.37. The lowest BCUT2D eigenvalue weighted by atomic mass is 10.1. The maximum Gasteiger partial charge on any atom is 0.276 e. The number of phenols is 1. The quantitative estimate of drug-likeness (QED) is 0.550. The highest BCUT2D eigenvalue weighted by Gasteiger charge is 2.26. The highest BCUT2D eigenvalue weighted by molar-refractivity contribution is 9.11. The van der Waals surface area contributed by atoms with E-state index < -0.39 is 0 Å². The Labute approximate surface area is 154 Å². The van der Waals surface area contributed by atoms with Crippen molar-refractivity contribution in [3.05, 3.63) is 50.4 Å². The fourth-order valence-electron chi connectivity index (χ4n) is 2.17. The molecule has 2 N–H and O–H groups in total. The van der Waals surface area contributed by atoms with Gasteiger partial charge in [-0.3, -0.25) is 4.79 Å². The number of phenolic OH excluding ortho intramolecular Hbond substituents is 1. The molecule has 8 heteroatoms. The second kappa shape index (κ2) is 6.74. The third-order valence-corrected chi connectivity index (χ3v) is 4.56. The molecule has 0 fully saturated rings. The van der Waals surface area contributed by atoms with Crippen molar-refractivity contribution in [1.29, 1.82) is 0 Å². The van der Waals surface area contributed by atoms with E-state index in [1.54, 1.807) is 37.4 Å². The summed E-state index contributed by atoms with van der Waals surface area (Å²) >= 11 is 6.49. The Hall–Kier alpha value is -2.19. The van der Waals surface area contributed by atoms with Gasteiger partial charge in [-0.15, -0.1) is 5.10 Å². The number of hydrogen-bond acceptors (Lipinski definition) is 5. The Kier molecular flexibility index (Phi) is 4.68. The number of methoxy groups -OCH3 is 1. The standard InChI is InChI=1S/C16H11Br2N3O3/c1-24-9-2-3-13-10(6-9)14(16(23)20-13)21-19-7-8-4-11(17)15(22)12(18)5-8/h2-7,22H,1H3,(H,20,21,23)/b19-7+. The van der Waals surface area contributed by atoms with Crippen molar-refractivity contribution in [2.24, 2.45) is 10.2 Å². The number of nitrogens with one attached hydrogen (secondary N) is 1. The fraction of sp³-hybridized carbons (Fsp3) is 0.0625. The molecule has 0 atom stereocenters. The molecular weight excluding hydrogens is 442 g/mol. The maximum absolute atomic E-state index is 12.0. The van der Waals surface area contributed by atoms with Crippen LogP contribution in [-0.4, -0.2) is 30.0 Å². The summed E-state index contributed by atoms with van der Waals surface area (Å²) < 4.78 is 6.22. The maximum atomic E-state index is 12.0. The number of ether oxygens (including phenoxy) is 1. The van der Waals surface area contributed by atoms with Crippen LogP contribution in [0.2, 0.25) is 0 Å². The molecule has 0 unspecified atom stereocenters. The van der Waals surface area contributed by atoms with Crippen LogP contribution in [0.15, 0.2) is 49.5 Å². The molecule has 0 radical (unpaired) electrons. The first-order chi connectivity index (χ1) is 11.5. The number of carbonyl (C=O) groups excluding carboxylic acids is 1. The van der Waals surface area contributed by atoms with Crippen molar-refractivity contribution in [1.82, 2.24) is 0 Å². The Morgan fingerprint density at radius 3 is 2.58 bits per heavy atom. The zero-order valence-corrected chi connectivity index (χ0v) is 15.6. The Morgan fingerprint density at radius 2 is 1.92 bits per heavy atom. The van der Waals surface area contributed by atoms with E-state index in [2.05, 4.69) is 47.4 Å². The first kappa shape index (κ1) is 16.7. The summed E-state index contributed by atoms with van der Waals surface area (Å²) in [6.07, 6.45) is 1.49. The van der Waals surface area contributed by atoms with Crippen LogP contribution in [0.4, 0.5) is 5.69 Å². The summed E-state index contributed by atoms with van der Waals surface area (Å²) in [5.74, 6) is 0.423. The van der Waals surface area contributed by atoms with E-state index in [-0.39, 0.29) is 17.4 Å². The minimum Gasteiger partial charge on any atom is -0.506 e. The molecule has 0 spiro atoms. The van der Waals surface area contributed by atoms with Gasteiger partial charge in [-0.25, -0.2) is 0 Å². The normalized spacial score (nSPS) is 15.0. The number of nitrogens with zero attached hydrogens (tertiary/aromatic N) is 2. The van der Waals surface area contributed by atoms with Crippen LogP contribution in [-0.2, 0) is 4.79 Å². The van der Waals surface area contributed by atoms with Gasteiger partial charge in [0.1, 0.15) is 11.5 Å². The minimum absolute atomic E-state index is 0.106. The average molecular weight is 453 g/mol. The van der Waals surface area contributed by atoms with Crippen molar-refractivity contribution in [3.63, 3.8) is 0 Å². The van der Waals surface area contributed by atoms with Crippen molar-refractivity contribution < 1.29 is 14.6 Å². The number of amides is 1. The average Bonchev–Trinajstić information content (AvgIpc) is 2.87. The number of halogens is 2. The summed E-state index contributed by atoms with van der Waals surface area (Å²) in [5, 5.41) is 20.4. The van der Waals surface area contributed by atoms with Crippen molar-refractivity contribution in [2.45, 2.75) is 0 Å². The van der Waals surface area contributed by atoms with Gasteiger partial charge in [0.15, 0.2) is 5.71 Å². The number of aromatic hydroxyl groups is 1. The van der Waals surface area contributed by atoms with Gasteiger partial charge in [0.25, 0.3) is 5.91 Å². The van der Waals surface area contributed by atoms with Crippen molar-refractivity contribution in [2.75, 3.05) is 12.4 Å². The van der Waals surface area contributed by atoms with Crippen molar-refractivity contribution >= 4 is 55.4 Å².